The van der Waals surface area contributed by atoms with Gasteiger partial charge in [-0.2, -0.15) is 0 Å². The van der Waals surface area contributed by atoms with Crippen molar-refractivity contribution in [2.75, 3.05) is 23.4 Å². The van der Waals surface area contributed by atoms with Crippen molar-refractivity contribution in [3.8, 4) is 11.5 Å². The van der Waals surface area contributed by atoms with Gasteiger partial charge >= 0.3 is 0 Å². The number of rotatable bonds is 7. The zero-order valence-corrected chi connectivity index (χ0v) is 21.3. The van der Waals surface area contributed by atoms with Crippen molar-refractivity contribution in [3.63, 3.8) is 0 Å². The van der Waals surface area contributed by atoms with Gasteiger partial charge in [-0.15, -0.1) is 0 Å². The molecule has 9 heteroatoms. The second-order valence-electron chi connectivity index (χ2n) is 9.29. The number of carbonyl (C=O) groups excluding carboxylic acids is 4. The van der Waals surface area contributed by atoms with Crippen LogP contribution in [0.3, 0.4) is 0 Å². The van der Waals surface area contributed by atoms with Crippen LogP contribution in [0.15, 0.2) is 66.7 Å². The lowest BCUT2D eigenvalue weighted by molar-refractivity contribution is -0.125. The number of imide groups is 1. The predicted molar refractivity (Wildman–Crippen MR) is 141 cm³/mol. The first-order valence-electron chi connectivity index (χ1n) is 12.3. The van der Waals surface area contributed by atoms with Gasteiger partial charge in [0.05, 0.1) is 23.4 Å². The van der Waals surface area contributed by atoms with Crippen molar-refractivity contribution in [1.82, 2.24) is 4.90 Å². The van der Waals surface area contributed by atoms with Gasteiger partial charge in [-0.05, 0) is 57.2 Å². The van der Waals surface area contributed by atoms with E-state index in [1.807, 2.05) is 31.2 Å². The summed E-state index contributed by atoms with van der Waals surface area (Å²) in [5, 5.41) is 2.75. The van der Waals surface area contributed by atoms with Crippen LogP contribution in [0.1, 0.15) is 40.1 Å². The van der Waals surface area contributed by atoms with Gasteiger partial charge in [0.1, 0.15) is 24.1 Å². The van der Waals surface area contributed by atoms with E-state index >= 15 is 0 Å². The molecule has 1 N–H and O–H groups in total. The number of ether oxygens (including phenoxy) is 2. The minimum Gasteiger partial charge on any atom is -0.492 e. The van der Waals surface area contributed by atoms with Crippen molar-refractivity contribution < 1.29 is 28.7 Å². The lowest BCUT2D eigenvalue weighted by Gasteiger charge is -2.33. The van der Waals surface area contributed by atoms with Crippen LogP contribution < -0.4 is 19.7 Å². The van der Waals surface area contributed by atoms with Gasteiger partial charge in [-0.3, -0.25) is 24.1 Å². The molecule has 0 fully saturated rings. The molecule has 4 amide bonds. The minimum atomic E-state index is -1.03. The van der Waals surface area contributed by atoms with Gasteiger partial charge in [0.25, 0.3) is 17.7 Å². The van der Waals surface area contributed by atoms with Crippen LogP contribution in [0.5, 0.6) is 11.5 Å². The summed E-state index contributed by atoms with van der Waals surface area (Å²) in [6, 6.07) is 18.1. The summed E-state index contributed by atoms with van der Waals surface area (Å²) in [4.78, 5) is 53.9. The van der Waals surface area contributed by atoms with Gasteiger partial charge in [0.2, 0.25) is 5.91 Å². The lowest BCUT2D eigenvalue weighted by atomic mass is 10.1. The Morgan fingerprint density at radius 2 is 1.66 bits per heavy atom. The molecule has 0 saturated heterocycles. The number of anilines is 2. The summed E-state index contributed by atoms with van der Waals surface area (Å²) in [5.41, 5.74) is 2.67. The second kappa shape index (κ2) is 10.0. The van der Waals surface area contributed by atoms with Crippen LogP contribution in [0.25, 0.3) is 0 Å². The van der Waals surface area contributed by atoms with Crippen molar-refractivity contribution in [2.24, 2.45) is 0 Å². The van der Waals surface area contributed by atoms with Crippen LogP contribution in [0, 0.1) is 6.92 Å². The molecule has 194 valence electrons. The Balaban J connectivity index is 1.28. The number of nitrogens with one attached hydrogen (secondary N) is 1. The Morgan fingerprint density at radius 3 is 2.32 bits per heavy atom. The van der Waals surface area contributed by atoms with E-state index < -0.39 is 29.9 Å². The lowest BCUT2D eigenvalue weighted by Crippen LogP contribution is -2.46. The molecule has 0 bridgehead atoms. The Hall–Kier alpha value is -4.66. The average Bonchev–Trinajstić information content (AvgIpc) is 3.16. The van der Waals surface area contributed by atoms with Gasteiger partial charge < -0.3 is 19.7 Å². The van der Waals surface area contributed by atoms with E-state index in [9.17, 15) is 19.2 Å². The summed E-state index contributed by atoms with van der Waals surface area (Å²) < 4.78 is 11.6. The number of carbonyl (C=O) groups is 4. The van der Waals surface area contributed by atoms with E-state index in [2.05, 4.69) is 5.32 Å². The number of fused-ring (bicyclic) bond motifs is 2. The van der Waals surface area contributed by atoms with E-state index in [0.717, 1.165) is 16.2 Å². The van der Waals surface area contributed by atoms with E-state index in [0.29, 0.717) is 23.7 Å². The summed E-state index contributed by atoms with van der Waals surface area (Å²) in [5.74, 6) is -0.576. The zero-order chi connectivity index (χ0) is 27.0. The van der Waals surface area contributed by atoms with Crippen LogP contribution in [-0.2, 0) is 9.59 Å². The highest BCUT2D eigenvalue weighted by molar-refractivity contribution is 6.23. The fraction of sp³-hybridized carbons (Fsp3) is 0.241. The monoisotopic (exact) mass is 513 g/mol. The fourth-order valence-electron chi connectivity index (χ4n) is 4.53. The van der Waals surface area contributed by atoms with Gasteiger partial charge in [-0.1, -0.05) is 29.8 Å². The molecule has 0 spiro atoms. The van der Waals surface area contributed by atoms with E-state index in [4.69, 9.17) is 9.47 Å². The maximum Gasteiger partial charge on any atom is 0.267 e. The van der Waals surface area contributed by atoms with Crippen molar-refractivity contribution in [2.45, 2.75) is 32.9 Å². The van der Waals surface area contributed by atoms with E-state index in [1.54, 1.807) is 54.3 Å². The van der Waals surface area contributed by atoms with Crippen molar-refractivity contribution >= 4 is 35.0 Å². The molecule has 2 atom stereocenters. The topological polar surface area (TPSA) is 105 Å². The highest BCUT2D eigenvalue weighted by Crippen LogP contribution is 2.36. The maximum atomic E-state index is 13.0. The SMILES string of the molecule is Cc1ccc(OCCN2C(=O)C(C)Oc3cc(NC(=O)C(C)N4C(=O)c5ccccc5C4=O)ccc32)cc1. The molecule has 0 radical (unpaired) electrons. The van der Waals surface area contributed by atoms with E-state index in [-0.39, 0.29) is 23.6 Å². The average molecular weight is 514 g/mol. The molecule has 0 saturated carbocycles. The Morgan fingerprint density at radius 1 is 1.00 bits per heavy atom. The highest BCUT2D eigenvalue weighted by atomic mass is 16.5. The molecule has 0 aliphatic carbocycles. The van der Waals surface area contributed by atoms with Crippen LogP contribution in [-0.4, -0.2) is 53.8 Å². The third-order valence-corrected chi connectivity index (χ3v) is 6.63. The molecule has 5 rings (SSSR count). The van der Waals surface area contributed by atoms with Crippen molar-refractivity contribution in [1.29, 1.82) is 0 Å². The second-order valence-corrected chi connectivity index (χ2v) is 9.29. The molecule has 2 aliphatic heterocycles. The Labute approximate surface area is 219 Å². The number of aryl methyl sites for hydroxylation is 1. The quantitative estimate of drug-likeness (QED) is 0.482. The summed E-state index contributed by atoms with van der Waals surface area (Å²) >= 11 is 0. The predicted octanol–water partition coefficient (Wildman–Crippen LogP) is 3.81. The summed E-state index contributed by atoms with van der Waals surface area (Å²) in [6.45, 7) is 5.76. The first-order valence-corrected chi connectivity index (χ1v) is 12.3. The molecule has 2 heterocycles. The largest absolute Gasteiger partial charge is 0.492 e. The van der Waals surface area contributed by atoms with Crippen molar-refractivity contribution in [3.05, 3.63) is 83.4 Å². The zero-order valence-electron chi connectivity index (χ0n) is 21.3. The number of hydrogen-bond donors (Lipinski definition) is 1. The molecule has 3 aromatic carbocycles. The van der Waals surface area contributed by atoms with Crippen LogP contribution >= 0.6 is 0 Å². The van der Waals surface area contributed by atoms with Gasteiger partial charge in [0, 0.05) is 11.8 Å². The number of hydrogen-bond acceptors (Lipinski definition) is 6. The highest BCUT2D eigenvalue weighted by Gasteiger charge is 2.40. The Bertz CT molecular complexity index is 1400. The molecule has 3 aromatic rings. The minimum absolute atomic E-state index is 0.193. The van der Waals surface area contributed by atoms with E-state index in [1.165, 1.54) is 6.92 Å². The van der Waals surface area contributed by atoms with Crippen LogP contribution in [0.2, 0.25) is 0 Å². The first kappa shape index (κ1) is 25.0. The molecule has 2 aliphatic rings. The molecule has 0 aromatic heterocycles. The summed E-state index contributed by atoms with van der Waals surface area (Å²) in [6.07, 6.45) is -0.718. The molecule has 38 heavy (non-hydrogen) atoms. The molecule has 2 unspecified atom stereocenters. The summed E-state index contributed by atoms with van der Waals surface area (Å²) in [7, 11) is 0. The third-order valence-electron chi connectivity index (χ3n) is 6.63. The molecular formula is C29H27N3O6. The molecule has 9 nitrogen and oxygen atoms in total. The van der Waals surface area contributed by atoms with Crippen LogP contribution in [0.4, 0.5) is 11.4 Å². The number of amides is 4. The standard InChI is InChI=1S/C29H27N3O6/c1-17-8-11-21(12-9-17)37-15-14-31-24-13-10-20(16-25(24)38-19(3)27(31)34)30-26(33)18(2)32-28(35)22-6-4-5-7-23(22)29(32)36/h4-13,16,18-19H,14-15H2,1-3H3,(H,30,33). The first-order chi connectivity index (χ1) is 18.2. The number of nitrogens with zero attached hydrogens (tertiary/aromatic N) is 2. The Kier molecular flexibility index (Phi) is 6.59. The number of benzene rings is 3. The fourth-order valence-corrected chi connectivity index (χ4v) is 4.53. The normalized spacial score (nSPS) is 17.0. The third kappa shape index (κ3) is 4.58. The molecular weight excluding hydrogens is 486 g/mol. The van der Waals surface area contributed by atoms with Gasteiger partial charge in [0.15, 0.2) is 6.10 Å². The smallest absolute Gasteiger partial charge is 0.267 e. The maximum absolute atomic E-state index is 13.0. The van der Waals surface area contributed by atoms with Gasteiger partial charge in [-0.25, -0.2) is 0 Å².